The van der Waals surface area contributed by atoms with E-state index in [1.165, 1.54) is 24.0 Å². The van der Waals surface area contributed by atoms with E-state index in [0.717, 1.165) is 37.0 Å². The molecule has 0 bridgehead atoms. The van der Waals surface area contributed by atoms with Crippen molar-refractivity contribution in [2.75, 3.05) is 13.7 Å². The van der Waals surface area contributed by atoms with Gasteiger partial charge in [0.05, 0.1) is 19.3 Å². The molecule has 3 atom stereocenters. The van der Waals surface area contributed by atoms with Crippen LogP contribution in [-0.4, -0.2) is 47.7 Å². The molecule has 0 spiro atoms. The van der Waals surface area contributed by atoms with Crippen LogP contribution >= 0.6 is 11.3 Å². The number of amides is 1. The van der Waals surface area contributed by atoms with Gasteiger partial charge < -0.3 is 14.7 Å². The maximum absolute atomic E-state index is 12.4. The highest BCUT2D eigenvalue weighted by Gasteiger charge is 2.28. The average Bonchev–Trinajstić information content (AvgIpc) is 3.49. The molecule has 1 N–H and O–H groups in total. The molecule has 1 amide bonds. The van der Waals surface area contributed by atoms with Gasteiger partial charge in [0.15, 0.2) is 0 Å². The molecule has 6 heteroatoms. The van der Waals surface area contributed by atoms with E-state index in [1.54, 1.807) is 6.07 Å². The predicted octanol–water partition coefficient (Wildman–Crippen LogP) is 5.04. The number of hydrogen-bond acceptors (Lipinski definition) is 5. The Morgan fingerprint density at radius 1 is 1.23 bits per heavy atom. The van der Waals surface area contributed by atoms with Gasteiger partial charge in [0.25, 0.3) is 0 Å². The zero-order valence-electron chi connectivity index (χ0n) is 20.6. The normalized spacial score (nSPS) is 17.3. The van der Waals surface area contributed by atoms with Crippen LogP contribution in [0.3, 0.4) is 0 Å². The Morgan fingerprint density at radius 3 is 2.80 bits per heavy atom. The van der Waals surface area contributed by atoms with Crippen molar-refractivity contribution >= 4 is 23.2 Å². The van der Waals surface area contributed by atoms with E-state index in [4.69, 9.17) is 4.74 Å². The Bertz CT molecular complexity index is 1050. The van der Waals surface area contributed by atoms with Gasteiger partial charge in [-0.25, -0.2) is 4.79 Å². The quantitative estimate of drug-likeness (QED) is 0.271. The Hall–Kier alpha value is -2.88. The third-order valence-electron chi connectivity index (χ3n) is 6.29. The molecule has 0 saturated carbocycles. The lowest BCUT2D eigenvalue weighted by molar-refractivity contribution is -0.128. The molecule has 186 valence electrons. The first kappa shape index (κ1) is 26.7. The van der Waals surface area contributed by atoms with Crippen LogP contribution in [-0.2, 0) is 22.4 Å². The van der Waals surface area contributed by atoms with Crippen molar-refractivity contribution in [1.29, 1.82) is 0 Å². The Labute approximate surface area is 212 Å². The molecule has 1 saturated heterocycles. The van der Waals surface area contributed by atoms with Gasteiger partial charge in [-0.3, -0.25) is 4.79 Å². The molecule has 0 aliphatic carbocycles. The summed E-state index contributed by atoms with van der Waals surface area (Å²) < 4.78 is 4.76. The number of aliphatic hydroxyl groups is 1. The third-order valence-corrected chi connectivity index (χ3v) is 7.41. The molecule has 1 aliphatic rings. The van der Waals surface area contributed by atoms with E-state index in [0.29, 0.717) is 24.3 Å². The summed E-state index contributed by atoms with van der Waals surface area (Å²) in [4.78, 5) is 27.6. The van der Waals surface area contributed by atoms with Crippen molar-refractivity contribution in [2.45, 2.75) is 64.0 Å². The Balaban J connectivity index is 1.41. The van der Waals surface area contributed by atoms with Gasteiger partial charge in [0.2, 0.25) is 5.91 Å². The lowest BCUT2D eigenvalue weighted by atomic mass is 9.99. The molecular formula is C29H35NO4S. The number of aryl methyl sites for hydroxylation is 2. The van der Waals surface area contributed by atoms with E-state index in [9.17, 15) is 14.7 Å². The van der Waals surface area contributed by atoms with Gasteiger partial charge in [-0.2, -0.15) is 0 Å². The van der Waals surface area contributed by atoms with E-state index < -0.39 is 6.10 Å². The number of carbonyl (C=O) groups is 2. The van der Waals surface area contributed by atoms with E-state index in [1.807, 2.05) is 48.2 Å². The Kier molecular flexibility index (Phi) is 10.6. The Morgan fingerprint density at radius 2 is 2.03 bits per heavy atom. The van der Waals surface area contributed by atoms with Crippen LogP contribution in [0.2, 0.25) is 0 Å². The number of aliphatic hydroxyl groups excluding tert-OH is 1. The number of carbonyl (C=O) groups excluding carboxylic acids is 2. The van der Waals surface area contributed by atoms with Crippen molar-refractivity contribution in [3.8, 4) is 11.8 Å². The first-order valence-electron chi connectivity index (χ1n) is 12.3. The second-order valence-electron chi connectivity index (χ2n) is 8.95. The number of nitrogens with zero attached hydrogens (tertiary/aromatic N) is 1. The largest absolute Gasteiger partial charge is 0.465 e. The van der Waals surface area contributed by atoms with Crippen LogP contribution in [0.15, 0.2) is 54.6 Å². The summed E-state index contributed by atoms with van der Waals surface area (Å²) in [7, 11) is 1.38. The third kappa shape index (κ3) is 8.38. The fourth-order valence-corrected chi connectivity index (χ4v) is 5.09. The minimum Gasteiger partial charge on any atom is -0.465 e. The fourth-order valence-electron chi connectivity index (χ4n) is 4.12. The molecule has 5 nitrogen and oxygen atoms in total. The number of likely N-dealkylation sites (tertiary alicyclic amines) is 1. The van der Waals surface area contributed by atoms with E-state index in [2.05, 4.69) is 24.0 Å². The highest BCUT2D eigenvalue weighted by Crippen LogP contribution is 2.23. The van der Waals surface area contributed by atoms with Crippen LogP contribution in [0.25, 0.3) is 0 Å². The van der Waals surface area contributed by atoms with Crippen molar-refractivity contribution in [2.24, 2.45) is 5.92 Å². The lowest BCUT2D eigenvalue weighted by Gasteiger charge is -2.23. The van der Waals surface area contributed by atoms with Gasteiger partial charge in [-0.1, -0.05) is 49.4 Å². The zero-order valence-corrected chi connectivity index (χ0v) is 21.4. The number of thiophene rings is 1. The number of benzene rings is 1. The average molecular weight is 494 g/mol. The molecule has 1 aromatic carbocycles. The molecule has 3 rings (SSSR count). The smallest absolute Gasteiger partial charge is 0.348 e. The monoisotopic (exact) mass is 493 g/mol. The number of methoxy groups -OCH3 is 1. The topological polar surface area (TPSA) is 66.8 Å². The summed E-state index contributed by atoms with van der Waals surface area (Å²) in [5, 5.41) is 10.6. The van der Waals surface area contributed by atoms with Crippen LogP contribution < -0.4 is 0 Å². The predicted molar refractivity (Wildman–Crippen MR) is 140 cm³/mol. The van der Waals surface area contributed by atoms with Crippen molar-refractivity contribution in [3.05, 3.63) is 69.9 Å². The SMILES string of the molecule is COC(=O)c1ccc(CCCN2C(=O)CC[C@@H]2C=C[C@@H](O)[C@@H](C)CC#CCCc2ccccc2)s1. The van der Waals surface area contributed by atoms with Crippen LogP contribution in [0.5, 0.6) is 0 Å². The summed E-state index contributed by atoms with van der Waals surface area (Å²) in [6.45, 7) is 2.67. The molecule has 35 heavy (non-hydrogen) atoms. The van der Waals surface area contributed by atoms with Crippen LogP contribution in [0, 0.1) is 17.8 Å². The van der Waals surface area contributed by atoms with E-state index >= 15 is 0 Å². The molecule has 0 unspecified atom stereocenters. The minimum absolute atomic E-state index is 0.0234. The zero-order chi connectivity index (χ0) is 25.0. The van der Waals surface area contributed by atoms with Gasteiger partial charge in [0.1, 0.15) is 4.88 Å². The van der Waals surface area contributed by atoms with Gasteiger partial charge >= 0.3 is 5.97 Å². The van der Waals surface area contributed by atoms with Gasteiger partial charge in [0, 0.05) is 30.7 Å². The molecule has 0 radical (unpaired) electrons. The lowest BCUT2D eigenvalue weighted by Crippen LogP contribution is -2.33. The van der Waals surface area contributed by atoms with E-state index in [-0.39, 0.29) is 23.8 Å². The molecule has 2 aromatic rings. The highest BCUT2D eigenvalue weighted by molar-refractivity contribution is 7.13. The van der Waals surface area contributed by atoms with Crippen molar-refractivity contribution in [3.63, 3.8) is 0 Å². The molecule has 1 aromatic heterocycles. The maximum Gasteiger partial charge on any atom is 0.348 e. The minimum atomic E-state index is -0.584. The second-order valence-corrected chi connectivity index (χ2v) is 10.1. The van der Waals surface area contributed by atoms with Crippen molar-refractivity contribution < 1.29 is 19.4 Å². The number of rotatable bonds is 11. The van der Waals surface area contributed by atoms with Crippen molar-refractivity contribution in [1.82, 2.24) is 4.90 Å². The van der Waals surface area contributed by atoms with Gasteiger partial charge in [-0.15, -0.1) is 23.2 Å². The molecular weight excluding hydrogens is 458 g/mol. The standard InChI is InChI=1S/C29H35NO4S/c1-22(10-5-3-6-11-23-12-7-4-8-13-23)26(31)18-15-24-16-20-28(32)30(24)21-9-14-25-17-19-27(35-25)29(33)34-2/h4,7-8,12-13,15,17-19,22,24,26,31H,6,9-11,14,16,20-21H2,1-2H3/t22-,24-,26+/m0/s1. The highest BCUT2D eigenvalue weighted by atomic mass is 32.1. The summed E-state index contributed by atoms with van der Waals surface area (Å²) in [6.07, 6.45) is 8.58. The molecule has 1 aliphatic heterocycles. The summed E-state index contributed by atoms with van der Waals surface area (Å²) >= 11 is 1.44. The van der Waals surface area contributed by atoms with Gasteiger partial charge in [-0.05, 0) is 49.3 Å². The van der Waals surface area contributed by atoms with Crippen LogP contribution in [0.4, 0.5) is 0 Å². The number of ether oxygens (including phenoxy) is 1. The first-order chi connectivity index (χ1) is 17.0. The molecule has 1 fully saturated rings. The molecule has 2 heterocycles. The summed E-state index contributed by atoms with van der Waals surface area (Å²) in [5.74, 6) is 6.29. The second kappa shape index (κ2) is 13.9. The number of esters is 1. The summed E-state index contributed by atoms with van der Waals surface area (Å²) in [5.41, 5.74) is 1.29. The maximum atomic E-state index is 12.4. The summed E-state index contributed by atoms with van der Waals surface area (Å²) in [6, 6.07) is 14.1. The fraction of sp³-hybridized carbons (Fsp3) is 0.448. The van der Waals surface area contributed by atoms with Crippen LogP contribution in [0.1, 0.15) is 59.1 Å². The number of hydrogen-bond donors (Lipinski definition) is 1. The first-order valence-corrected chi connectivity index (χ1v) is 13.1.